The van der Waals surface area contributed by atoms with Gasteiger partial charge >= 0.3 is 0 Å². The molecule has 0 radical (unpaired) electrons. The van der Waals surface area contributed by atoms with Crippen LogP contribution in [-0.4, -0.2) is 16.0 Å². The van der Waals surface area contributed by atoms with Crippen LogP contribution in [0.25, 0.3) is 11.0 Å². The molecule has 2 aromatic heterocycles. The Balaban J connectivity index is 2.14. The van der Waals surface area contributed by atoms with Gasteiger partial charge in [0.2, 0.25) is 0 Å². The van der Waals surface area contributed by atoms with Crippen molar-refractivity contribution in [1.82, 2.24) is 9.97 Å². The fraction of sp³-hybridized carbons (Fsp3) is 0.143. The molecule has 0 aromatic carbocycles. The minimum atomic E-state index is -0.703. The van der Waals surface area contributed by atoms with Crippen LogP contribution in [0.4, 0.5) is 0 Å². The topological polar surface area (TPSA) is 77.8 Å². The first-order chi connectivity index (χ1) is 8.70. The van der Waals surface area contributed by atoms with E-state index < -0.39 is 5.54 Å². The van der Waals surface area contributed by atoms with Crippen LogP contribution in [0.15, 0.2) is 54.9 Å². The maximum absolute atomic E-state index is 6.39. The van der Waals surface area contributed by atoms with Gasteiger partial charge in [-0.05, 0) is 23.8 Å². The van der Waals surface area contributed by atoms with Crippen molar-refractivity contribution in [3.05, 3.63) is 60.5 Å². The molecule has 3 rings (SSSR count). The number of nitrogens with two attached hydrogens (primary N) is 2. The highest BCUT2D eigenvalue weighted by molar-refractivity contribution is 5.75. The third-order valence-electron chi connectivity index (χ3n) is 3.31. The molecule has 2 unspecified atom stereocenters. The summed E-state index contributed by atoms with van der Waals surface area (Å²) in [4.78, 5) is 8.53. The number of hydrogen-bond donors (Lipinski definition) is 2. The first-order valence-electron chi connectivity index (χ1n) is 5.82. The van der Waals surface area contributed by atoms with Crippen molar-refractivity contribution < 1.29 is 0 Å². The molecule has 0 spiro atoms. The third-order valence-corrected chi connectivity index (χ3v) is 3.31. The second-order valence-corrected chi connectivity index (χ2v) is 4.48. The number of hydrogen-bond acceptors (Lipinski definition) is 4. The second-order valence-electron chi connectivity index (χ2n) is 4.48. The van der Waals surface area contributed by atoms with Gasteiger partial charge in [-0.1, -0.05) is 24.3 Å². The number of rotatable bonds is 1. The van der Waals surface area contributed by atoms with Gasteiger partial charge in [-0.15, -0.1) is 0 Å². The SMILES string of the molecule is NC1C=CC=CC1(N)c1cnc2ncccc2c1. The quantitative estimate of drug-likeness (QED) is 0.783. The molecule has 4 N–H and O–H groups in total. The molecule has 0 saturated carbocycles. The maximum Gasteiger partial charge on any atom is 0.159 e. The maximum atomic E-state index is 6.39. The molecule has 90 valence electrons. The molecule has 2 aromatic rings. The molecule has 4 heteroatoms. The fourth-order valence-corrected chi connectivity index (χ4v) is 2.16. The first-order valence-corrected chi connectivity index (χ1v) is 5.82. The Morgan fingerprint density at radius 1 is 1.22 bits per heavy atom. The minimum Gasteiger partial charge on any atom is -0.322 e. The summed E-state index contributed by atoms with van der Waals surface area (Å²) < 4.78 is 0. The summed E-state index contributed by atoms with van der Waals surface area (Å²) in [5.41, 5.74) is 13.4. The van der Waals surface area contributed by atoms with Crippen molar-refractivity contribution in [3.8, 4) is 0 Å². The lowest BCUT2D eigenvalue weighted by molar-refractivity contribution is 0.491. The third kappa shape index (κ3) is 1.63. The summed E-state index contributed by atoms with van der Waals surface area (Å²) in [6.45, 7) is 0. The normalized spacial score (nSPS) is 26.7. The van der Waals surface area contributed by atoms with Gasteiger partial charge in [-0.3, -0.25) is 0 Å². The molecule has 0 saturated heterocycles. The number of allylic oxidation sites excluding steroid dienone is 2. The molecular weight excluding hydrogens is 224 g/mol. The van der Waals surface area contributed by atoms with E-state index in [0.29, 0.717) is 5.65 Å². The van der Waals surface area contributed by atoms with Gasteiger partial charge < -0.3 is 11.5 Å². The molecule has 0 fully saturated rings. The zero-order valence-electron chi connectivity index (χ0n) is 9.82. The molecule has 2 heterocycles. The Morgan fingerprint density at radius 2 is 2.11 bits per heavy atom. The van der Waals surface area contributed by atoms with E-state index in [1.807, 2.05) is 42.5 Å². The van der Waals surface area contributed by atoms with Crippen LogP contribution in [0, 0.1) is 0 Å². The van der Waals surface area contributed by atoms with Gasteiger partial charge in [-0.25, -0.2) is 9.97 Å². The summed E-state index contributed by atoms with van der Waals surface area (Å²) in [6.07, 6.45) is 11.1. The fourth-order valence-electron chi connectivity index (χ4n) is 2.16. The Kier molecular flexibility index (Phi) is 2.47. The summed E-state index contributed by atoms with van der Waals surface area (Å²) in [6, 6.07) is 5.60. The van der Waals surface area contributed by atoms with E-state index >= 15 is 0 Å². The molecule has 18 heavy (non-hydrogen) atoms. The summed E-state index contributed by atoms with van der Waals surface area (Å²) in [7, 11) is 0. The Labute approximate surface area is 105 Å². The monoisotopic (exact) mass is 238 g/mol. The largest absolute Gasteiger partial charge is 0.322 e. The van der Waals surface area contributed by atoms with Crippen LogP contribution in [0.2, 0.25) is 0 Å². The highest BCUT2D eigenvalue weighted by Crippen LogP contribution is 2.27. The van der Waals surface area contributed by atoms with E-state index in [0.717, 1.165) is 10.9 Å². The molecule has 1 aliphatic rings. The smallest absolute Gasteiger partial charge is 0.159 e. The lowest BCUT2D eigenvalue weighted by atomic mass is 9.82. The summed E-state index contributed by atoms with van der Waals surface area (Å²) in [5, 5.41) is 0.968. The molecule has 2 atom stereocenters. The van der Waals surface area contributed by atoms with E-state index in [-0.39, 0.29) is 6.04 Å². The standard InChI is InChI=1S/C14H14N4/c15-12-5-1-2-6-14(12,16)11-8-10-4-3-7-17-13(10)18-9-11/h1-9,12H,15-16H2. The van der Waals surface area contributed by atoms with Gasteiger partial charge in [0.25, 0.3) is 0 Å². The average molecular weight is 238 g/mol. The van der Waals surface area contributed by atoms with Crippen LogP contribution < -0.4 is 11.5 Å². The first kappa shape index (κ1) is 11.1. The molecule has 4 nitrogen and oxygen atoms in total. The number of aromatic nitrogens is 2. The number of nitrogens with zero attached hydrogens (tertiary/aromatic N) is 2. The van der Waals surface area contributed by atoms with E-state index in [9.17, 15) is 0 Å². The van der Waals surface area contributed by atoms with Crippen molar-refractivity contribution in [1.29, 1.82) is 0 Å². The van der Waals surface area contributed by atoms with E-state index in [1.165, 1.54) is 0 Å². The van der Waals surface area contributed by atoms with E-state index in [1.54, 1.807) is 12.4 Å². The van der Waals surface area contributed by atoms with Gasteiger partial charge in [0.15, 0.2) is 5.65 Å². The molecular formula is C14H14N4. The average Bonchev–Trinajstić information content (AvgIpc) is 2.42. The summed E-state index contributed by atoms with van der Waals surface area (Å²) >= 11 is 0. The lowest BCUT2D eigenvalue weighted by Crippen LogP contribution is -2.51. The van der Waals surface area contributed by atoms with Crippen LogP contribution in [0.5, 0.6) is 0 Å². The van der Waals surface area contributed by atoms with E-state index in [2.05, 4.69) is 9.97 Å². The van der Waals surface area contributed by atoms with Gasteiger partial charge in [0.05, 0.1) is 5.54 Å². The van der Waals surface area contributed by atoms with Crippen LogP contribution in [0.3, 0.4) is 0 Å². The second kappa shape index (κ2) is 4.01. The highest BCUT2D eigenvalue weighted by Gasteiger charge is 2.32. The molecule has 0 bridgehead atoms. The van der Waals surface area contributed by atoms with Crippen molar-refractivity contribution in [3.63, 3.8) is 0 Å². The Morgan fingerprint density at radius 3 is 2.94 bits per heavy atom. The van der Waals surface area contributed by atoms with Crippen molar-refractivity contribution in [2.75, 3.05) is 0 Å². The highest BCUT2D eigenvalue weighted by atomic mass is 14.9. The lowest BCUT2D eigenvalue weighted by Gasteiger charge is -2.32. The zero-order valence-corrected chi connectivity index (χ0v) is 9.82. The number of fused-ring (bicyclic) bond motifs is 1. The molecule has 0 aliphatic heterocycles. The minimum absolute atomic E-state index is 0.251. The van der Waals surface area contributed by atoms with Crippen molar-refractivity contribution in [2.24, 2.45) is 11.5 Å². The van der Waals surface area contributed by atoms with Crippen molar-refractivity contribution in [2.45, 2.75) is 11.6 Å². The van der Waals surface area contributed by atoms with Gasteiger partial charge in [-0.2, -0.15) is 0 Å². The molecule has 1 aliphatic carbocycles. The Bertz CT molecular complexity index is 647. The summed E-state index contributed by atoms with van der Waals surface area (Å²) in [5.74, 6) is 0. The van der Waals surface area contributed by atoms with Gasteiger partial charge in [0, 0.05) is 23.8 Å². The van der Waals surface area contributed by atoms with Gasteiger partial charge in [0.1, 0.15) is 0 Å². The van der Waals surface area contributed by atoms with Crippen LogP contribution in [0.1, 0.15) is 5.56 Å². The van der Waals surface area contributed by atoms with Crippen LogP contribution >= 0.6 is 0 Å². The van der Waals surface area contributed by atoms with Crippen molar-refractivity contribution >= 4 is 11.0 Å². The predicted molar refractivity (Wildman–Crippen MR) is 71.7 cm³/mol. The van der Waals surface area contributed by atoms with E-state index in [4.69, 9.17) is 11.5 Å². The molecule has 0 amide bonds. The number of pyridine rings is 2. The predicted octanol–water partition coefficient (Wildman–Crippen LogP) is 1.24. The van der Waals surface area contributed by atoms with Crippen LogP contribution in [-0.2, 0) is 5.54 Å². The Hall–Kier alpha value is -2.04. The zero-order chi connectivity index (χ0) is 12.6.